The minimum absolute atomic E-state index is 0.639. The topological polar surface area (TPSA) is 12.0 Å². The molecule has 0 radical (unpaired) electrons. The van der Waals surface area contributed by atoms with Gasteiger partial charge in [-0.25, -0.2) is 0 Å². The van der Waals surface area contributed by atoms with Crippen LogP contribution in [0.4, 0.5) is 0 Å². The van der Waals surface area contributed by atoms with Gasteiger partial charge in [0, 0.05) is 12.6 Å². The maximum Gasteiger partial charge on any atom is 0.0213 e. The first-order valence-electron chi connectivity index (χ1n) is 5.14. The normalized spacial score (nSPS) is 21.2. The lowest BCUT2D eigenvalue weighted by molar-refractivity contribution is 0.511. The standard InChI is InChI=1S/C12H17N/c1-3-10-5-4-6-11-7-9(2)13-8-12(10)11/h4-6,9,13H,3,7-8H2,1-2H3. The number of fused-ring (bicyclic) bond motifs is 1. The third-order valence-electron chi connectivity index (χ3n) is 2.90. The van der Waals surface area contributed by atoms with Crippen LogP contribution in [0, 0.1) is 0 Å². The predicted octanol–water partition coefficient (Wildman–Crippen LogP) is 2.28. The first-order valence-corrected chi connectivity index (χ1v) is 5.14. The Labute approximate surface area is 80.2 Å². The van der Waals surface area contributed by atoms with Gasteiger partial charge in [0.25, 0.3) is 0 Å². The second kappa shape index (κ2) is 3.51. The summed E-state index contributed by atoms with van der Waals surface area (Å²) in [5, 5.41) is 3.51. The van der Waals surface area contributed by atoms with E-state index in [0.717, 1.165) is 13.0 Å². The quantitative estimate of drug-likeness (QED) is 0.690. The Morgan fingerprint density at radius 2 is 2.31 bits per heavy atom. The molecule has 1 heterocycles. The molecule has 0 saturated heterocycles. The molecule has 1 aromatic carbocycles. The number of hydrogen-bond acceptors (Lipinski definition) is 1. The lowest BCUT2D eigenvalue weighted by Crippen LogP contribution is -2.33. The van der Waals surface area contributed by atoms with Gasteiger partial charge < -0.3 is 5.32 Å². The van der Waals surface area contributed by atoms with Gasteiger partial charge in [0.2, 0.25) is 0 Å². The zero-order chi connectivity index (χ0) is 9.26. The van der Waals surface area contributed by atoms with Crippen molar-refractivity contribution in [2.24, 2.45) is 0 Å². The lowest BCUT2D eigenvalue weighted by atomic mass is 9.92. The molecule has 0 aromatic heterocycles. The Morgan fingerprint density at radius 3 is 3.08 bits per heavy atom. The summed E-state index contributed by atoms with van der Waals surface area (Å²) in [5.74, 6) is 0. The van der Waals surface area contributed by atoms with Crippen LogP contribution in [0.5, 0.6) is 0 Å². The fraction of sp³-hybridized carbons (Fsp3) is 0.500. The molecule has 0 saturated carbocycles. The van der Waals surface area contributed by atoms with Crippen LogP contribution in [0.3, 0.4) is 0 Å². The summed E-state index contributed by atoms with van der Waals surface area (Å²) < 4.78 is 0. The molecule has 1 N–H and O–H groups in total. The fourth-order valence-corrected chi connectivity index (χ4v) is 2.12. The van der Waals surface area contributed by atoms with E-state index in [0.29, 0.717) is 6.04 Å². The Balaban J connectivity index is 2.39. The molecule has 1 unspecified atom stereocenters. The summed E-state index contributed by atoms with van der Waals surface area (Å²) in [6, 6.07) is 7.34. The summed E-state index contributed by atoms with van der Waals surface area (Å²) in [5.41, 5.74) is 4.60. The van der Waals surface area contributed by atoms with E-state index in [9.17, 15) is 0 Å². The smallest absolute Gasteiger partial charge is 0.0213 e. The Bertz CT molecular complexity index is 304. The molecule has 70 valence electrons. The van der Waals surface area contributed by atoms with E-state index in [1.54, 1.807) is 11.1 Å². The average Bonchev–Trinajstić information content (AvgIpc) is 2.16. The fourth-order valence-electron chi connectivity index (χ4n) is 2.12. The van der Waals surface area contributed by atoms with E-state index in [2.05, 4.69) is 37.4 Å². The van der Waals surface area contributed by atoms with Gasteiger partial charge in [-0.05, 0) is 36.5 Å². The van der Waals surface area contributed by atoms with Gasteiger partial charge in [-0.3, -0.25) is 0 Å². The molecule has 1 atom stereocenters. The number of hydrogen-bond donors (Lipinski definition) is 1. The van der Waals surface area contributed by atoms with Crippen molar-refractivity contribution in [1.82, 2.24) is 5.32 Å². The van der Waals surface area contributed by atoms with Gasteiger partial charge in [0.05, 0.1) is 0 Å². The Morgan fingerprint density at radius 1 is 1.46 bits per heavy atom. The molecular formula is C12H17N. The van der Waals surface area contributed by atoms with Crippen molar-refractivity contribution in [2.75, 3.05) is 0 Å². The summed E-state index contributed by atoms with van der Waals surface area (Å²) in [6.07, 6.45) is 2.34. The minimum atomic E-state index is 0.639. The second-order valence-corrected chi connectivity index (χ2v) is 3.89. The van der Waals surface area contributed by atoms with E-state index < -0.39 is 0 Å². The number of rotatable bonds is 1. The van der Waals surface area contributed by atoms with Crippen molar-refractivity contribution in [3.05, 3.63) is 34.9 Å². The Hall–Kier alpha value is -0.820. The number of benzene rings is 1. The summed E-state index contributed by atoms with van der Waals surface area (Å²) in [7, 11) is 0. The lowest BCUT2D eigenvalue weighted by Gasteiger charge is -2.25. The SMILES string of the molecule is CCc1cccc2c1CNC(C)C2. The predicted molar refractivity (Wildman–Crippen MR) is 55.8 cm³/mol. The Kier molecular flexibility index (Phi) is 2.36. The first-order chi connectivity index (χ1) is 6.31. The molecule has 1 aromatic rings. The van der Waals surface area contributed by atoms with E-state index in [4.69, 9.17) is 0 Å². The molecule has 0 amide bonds. The molecule has 0 aliphatic carbocycles. The van der Waals surface area contributed by atoms with Gasteiger partial charge in [-0.1, -0.05) is 25.1 Å². The third-order valence-corrected chi connectivity index (χ3v) is 2.90. The van der Waals surface area contributed by atoms with Crippen LogP contribution < -0.4 is 5.32 Å². The number of aryl methyl sites for hydroxylation is 1. The molecule has 0 fully saturated rings. The summed E-state index contributed by atoms with van der Waals surface area (Å²) in [4.78, 5) is 0. The highest BCUT2D eigenvalue weighted by atomic mass is 14.9. The van der Waals surface area contributed by atoms with Crippen molar-refractivity contribution in [1.29, 1.82) is 0 Å². The van der Waals surface area contributed by atoms with E-state index in [-0.39, 0.29) is 0 Å². The largest absolute Gasteiger partial charge is 0.310 e. The average molecular weight is 175 g/mol. The van der Waals surface area contributed by atoms with Crippen molar-refractivity contribution < 1.29 is 0 Å². The molecule has 1 heteroatoms. The maximum atomic E-state index is 3.51. The zero-order valence-electron chi connectivity index (χ0n) is 8.43. The molecule has 1 aliphatic heterocycles. The van der Waals surface area contributed by atoms with Crippen LogP contribution in [0.25, 0.3) is 0 Å². The minimum Gasteiger partial charge on any atom is -0.310 e. The van der Waals surface area contributed by atoms with Crippen molar-refractivity contribution in [2.45, 2.75) is 39.3 Å². The van der Waals surface area contributed by atoms with Crippen LogP contribution >= 0.6 is 0 Å². The summed E-state index contributed by atoms with van der Waals surface area (Å²) >= 11 is 0. The van der Waals surface area contributed by atoms with Gasteiger partial charge >= 0.3 is 0 Å². The molecule has 1 aliphatic rings. The van der Waals surface area contributed by atoms with E-state index >= 15 is 0 Å². The second-order valence-electron chi connectivity index (χ2n) is 3.89. The molecule has 2 rings (SSSR count). The molecule has 0 bridgehead atoms. The van der Waals surface area contributed by atoms with Gasteiger partial charge in [0.15, 0.2) is 0 Å². The maximum absolute atomic E-state index is 3.51. The first kappa shape index (κ1) is 8.76. The van der Waals surface area contributed by atoms with Crippen LogP contribution in [0.15, 0.2) is 18.2 Å². The van der Waals surface area contributed by atoms with E-state index in [1.165, 1.54) is 12.0 Å². The van der Waals surface area contributed by atoms with Crippen molar-refractivity contribution >= 4 is 0 Å². The van der Waals surface area contributed by atoms with Crippen LogP contribution in [-0.4, -0.2) is 6.04 Å². The van der Waals surface area contributed by atoms with Gasteiger partial charge in [0.1, 0.15) is 0 Å². The monoisotopic (exact) mass is 175 g/mol. The number of nitrogens with one attached hydrogen (secondary N) is 1. The zero-order valence-corrected chi connectivity index (χ0v) is 8.43. The highest BCUT2D eigenvalue weighted by Crippen LogP contribution is 2.20. The third kappa shape index (κ3) is 1.61. The molecule has 0 spiro atoms. The van der Waals surface area contributed by atoms with Crippen molar-refractivity contribution in [3.8, 4) is 0 Å². The van der Waals surface area contributed by atoms with Gasteiger partial charge in [-0.2, -0.15) is 0 Å². The highest BCUT2D eigenvalue weighted by molar-refractivity contribution is 5.37. The molecule has 13 heavy (non-hydrogen) atoms. The van der Waals surface area contributed by atoms with Crippen LogP contribution in [0.1, 0.15) is 30.5 Å². The molecule has 1 nitrogen and oxygen atoms in total. The van der Waals surface area contributed by atoms with Gasteiger partial charge in [-0.15, -0.1) is 0 Å². The van der Waals surface area contributed by atoms with Crippen LogP contribution in [-0.2, 0) is 19.4 Å². The van der Waals surface area contributed by atoms with Crippen molar-refractivity contribution in [3.63, 3.8) is 0 Å². The van der Waals surface area contributed by atoms with E-state index in [1.807, 2.05) is 0 Å². The highest BCUT2D eigenvalue weighted by Gasteiger charge is 2.15. The van der Waals surface area contributed by atoms with Crippen LogP contribution in [0.2, 0.25) is 0 Å². The summed E-state index contributed by atoms with van der Waals surface area (Å²) in [6.45, 7) is 5.54. The molecular weight excluding hydrogens is 158 g/mol.